The van der Waals surface area contributed by atoms with Crippen LogP contribution in [-0.4, -0.2) is 18.4 Å². The third kappa shape index (κ3) is 4.70. The minimum absolute atomic E-state index is 0.105. The fourth-order valence-corrected chi connectivity index (χ4v) is 1.94. The van der Waals surface area contributed by atoms with Gasteiger partial charge in [-0.2, -0.15) is 0 Å². The van der Waals surface area contributed by atoms with Gasteiger partial charge in [0.05, 0.1) is 18.7 Å². The summed E-state index contributed by atoms with van der Waals surface area (Å²) in [5, 5.41) is 4.94. The van der Waals surface area contributed by atoms with Crippen molar-refractivity contribution in [2.45, 2.75) is 13.3 Å². The van der Waals surface area contributed by atoms with E-state index in [2.05, 4.69) is 10.6 Å². The number of rotatable bonds is 5. The minimum atomic E-state index is -0.496. The van der Waals surface area contributed by atoms with Gasteiger partial charge in [0.25, 0.3) is 0 Å². The molecule has 2 N–H and O–H groups in total. The van der Waals surface area contributed by atoms with Gasteiger partial charge >= 0.3 is 0 Å². The molecule has 0 saturated heterocycles. The molecule has 0 spiro atoms. The largest absolute Gasteiger partial charge is 0.347 e. The van der Waals surface area contributed by atoms with Gasteiger partial charge in [-0.15, -0.1) is 0 Å². The van der Waals surface area contributed by atoms with E-state index in [0.717, 1.165) is 11.1 Å². The topological polar surface area (TPSA) is 58.2 Å². The molecule has 5 heteroatoms. The van der Waals surface area contributed by atoms with Crippen molar-refractivity contribution < 1.29 is 14.0 Å². The Kier molecular flexibility index (Phi) is 5.25. The van der Waals surface area contributed by atoms with E-state index >= 15 is 0 Å². The lowest BCUT2D eigenvalue weighted by Crippen LogP contribution is -2.33. The standard InChI is InChI=1S/C17H17FN2O2/c1-12-7-8-15(14(18)9-12)20-17(22)11-19-16(21)10-13-5-3-2-4-6-13/h2-9H,10-11H2,1H3,(H,19,21)(H,20,22). The molecule has 0 heterocycles. The number of carbonyl (C=O) groups excluding carboxylic acids is 2. The number of amides is 2. The molecular weight excluding hydrogens is 283 g/mol. The van der Waals surface area contributed by atoms with E-state index in [1.165, 1.54) is 12.1 Å². The smallest absolute Gasteiger partial charge is 0.243 e. The Balaban J connectivity index is 1.81. The normalized spacial score (nSPS) is 10.1. The lowest BCUT2D eigenvalue weighted by molar-refractivity contribution is -0.123. The first-order valence-corrected chi connectivity index (χ1v) is 6.91. The zero-order chi connectivity index (χ0) is 15.9. The van der Waals surface area contributed by atoms with Crippen molar-refractivity contribution in [2.24, 2.45) is 0 Å². The zero-order valence-corrected chi connectivity index (χ0v) is 12.2. The van der Waals surface area contributed by atoms with E-state index in [0.29, 0.717) is 0 Å². The fourth-order valence-electron chi connectivity index (χ4n) is 1.94. The van der Waals surface area contributed by atoms with Crippen LogP contribution in [0.1, 0.15) is 11.1 Å². The van der Waals surface area contributed by atoms with Gasteiger partial charge in [0.2, 0.25) is 11.8 Å². The van der Waals surface area contributed by atoms with E-state index in [-0.39, 0.29) is 24.6 Å². The highest BCUT2D eigenvalue weighted by atomic mass is 19.1. The van der Waals surface area contributed by atoms with E-state index in [4.69, 9.17) is 0 Å². The summed E-state index contributed by atoms with van der Waals surface area (Å²) in [5.41, 5.74) is 1.74. The van der Waals surface area contributed by atoms with E-state index in [9.17, 15) is 14.0 Å². The molecule has 0 aromatic heterocycles. The first-order chi connectivity index (χ1) is 10.5. The maximum Gasteiger partial charge on any atom is 0.243 e. The van der Waals surface area contributed by atoms with Crippen LogP contribution in [0.3, 0.4) is 0 Å². The average Bonchev–Trinajstić information content (AvgIpc) is 2.49. The Hall–Kier alpha value is -2.69. The van der Waals surface area contributed by atoms with Crippen LogP contribution in [0.2, 0.25) is 0 Å². The highest BCUT2D eigenvalue weighted by Crippen LogP contribution is 2.14. The van der Waals surface area contributed by atoms with Crippen molar-refractivity contribution in [2.75, 3.05) is 11.9 Å². The molecule has 114 valence electrons. The Morgan fingerprint density at radius 2 is 1.77 bits per heavy atom. The number of halogens is 1. The van der Waals surface area contributed by atoms with Crippen molar-refractivity contribution in [3.05, 3.63) is 65.5 Å². The summed E-state index contributed by atoms with van der Waals surface area (Å²) in [5.74, 6) is -1.22. The molecule has 0 saturated carbocycles. The van der Waals surface area contributed by atoms with Gasteiger partial charge in [0.15, 0.2) is 0 Å². The summed E-state index contributed by atoms with van der Waals surface area (Å²) >= 11 is 0. The van der Waals surface area contributed by atoms with Gasteiger partial charge in [0.1, 0.15) is 5.82 Å². The molecule has 0 fully saturated rings. The van der Waals surface area contributed by atoms with E-state index in [1.54, 1.807) is 13.0 Å². The van der Waals surface area contributed by atoms with Gasteiger partial charge in [-0.3, -0.25) is 9.59 Å². The van der Waals surface area contributed by atoms with Crippen LogP contribution >= 0.6 is 0 Å². The summed E-state index contributed by atoms with van der Waals surface area (Å²) in [6, 6.07) is 13.8. The monoisotopic (exact) mass is 300 g/mol. The van der Waals surface area contributed by atoms with Crippen molar-refractivity contribution in [3.8, 4) is 0 Å². The molecule has 2 amide bonds. The first kappa shape index (κ1) is 15.7. The van der Waals surface area contributed by atoms with E-state index in [1.807, 2.05) is 30.3 Å². The van der Waals surface area contributed by atoms with Crippen LogP contribution in [0, 0.1) is 12.7 Å². The van der Waals surface area contributed by atoms with Crippen LogP contribution in [0.15, 0.2) is 48.5 Å². The third-order valence-corrected chi connectivity index (χ3v) is 3.05. The molecule has 0 radical (unpaired) electrons. The predicted octanol–water partition coefficient (Wildman–Crippen LogP) is 2.43. The molecule has 0 bridgehead atoms. The van der Waals surface area contributed by atoms with Gasteiger partial charge < -0.3 is 10.6 Å². The minimum Gasteiger partial charge on any atom is -0.347 e. The molecule has 0 aliphatic carbocycles. The molecule has 0 aliphatic rings. The van der Waals surface area contributed by atoms with Crippen molar-refractivity contribution in [1.29, 1.82) is 0 Å². The number of benzene rings is 2. The summed E-state index contributed by atoms with van der Waals surface area (Å²) in [6.07, 6.45) is 0.201. The first-order valence-electron chi connectivity index (χ1n) is 6.91. The molecule has 4 nitrogen and oxygen atoms in total. The predicted molar refractivity (Wildman–Crippen MR) is 82.9 cm³/mol. The third-order valence-electron chi connectivity index (χ3n) is 3.05. The lowest BCUT2D eigenvalue weighted by Gasteiger charge is -2.08. The van der Waals surface area contributed by atoms with Gasteiger partial charge in [-0.05, 0) is 30.2 Å². The molecular formula is C17H17FN2O2. The van der Waals surface area contributed by atoms with Crippen LogP contribution in [-0.2, 0) is 16.0 Å². The summed E-state index contributed by atoms with van der Waals surface area (Å²) in [7, 11) is 0. The van der Waals surface area contributed by atoms with Crippen LogP contribution in [0.5, 0.6) is 0 Å². The van der Waals surface area contributed by atoms with Gasteiger partial charge in [0, 0.05) is 0 Å². The molecule has 0 unspecified atom stereocenters. The van der Waals surface area contributed by atoms with Crippen LogP contribution in [0.25, 0.3) is 0 Å². The Morgan fingerprint density at radius 1 is 1.05 bits per heavy atom. The molecule has 0 atom stereocenters. The molecule has 2 aromatic rings. The number of carbonyl (C=O) groups is 2. The number of hydrogen-bond donors (Lipinski definition) is 2. The van der Waals surface area contributed by atoms with Crippen molar-refractivity contribution in [3.63, 3.8) is 0 Å². The Bertz CT molecular complexity index is 672. The second-order valence-corrected chi connectivity index (χ2v) is 4.97. The number of aryl methyl sites for hydroxylation is 1. The van der Waals surface area contributed by atoms with E-state index < -0.39 is 11.7 Å². The lowest BCUT2D eigenvalue weighted by atomic mass is 10.1. The molecule has 0 aliphatic heterocycles. The highest BCUT2D eigenvalue weighted by Gasteiger charge is 2.09. The quantitative estimate of drug-likeness (QED) is 0.891. The fraction of sp³-hybridized carbons (Fsp3) is 0.176. The number of hydrogen-bond acceptors (Lipinski definition) is 2. The zero-order valence-electron chi connectivity index (χ0n) is 12.2. The van der Waals surface area contributed by atoms with Crippen LogP contribution in [0.4, 0.5) is 10.1 Å². The Morgan fingerprint density at radius 3 is 2.45 bits per heavy atom. The van der Waals surface area contributed by atoms with Crippen molar-refractivity contribution in [1.82, 2.24) is 5.32 Å². The second-order valence-electron chi connectivity index (χ2n) is 4.97. The maximum atomic E-state index is 13.6. The SMILES string of the molecule is Cc1ccc(NC(=O)CNC(=O)Cc2ccccc2)c(F)c1. The molecule has 2 rings (SSSR count). The maximum absolute atomic E-state index is 13.6. The van der Waals surface area contributed by atoms with Crippen LogP contribution < -0.4 is 10.6 Å². The number of anilines is 1. The molecule has 22 heavy (non-hydrogen) atoms. The highest BCUT2D eigenvalue weighted by molar-refractivity contribution is 5.94. The summed E-state index contributed by atoms with van der Waals surface area (Å²) in [6.45, 7) is 1.57. The van der Waals surface area contributed by atoms with Gasteiger partial charge in [-0.25, -0.2) is 4.39 Å². The Labute approximate surface area is 128 Å². The average molecular weight is 300 g/mol. The molecule has 2 aromatic carbocycles. The number of nitrogens with one attached hydrogen (secondary N) is 2. The summed E-state index contributed by atoms with van der Waals surface area (Å²) < 4.78 is 13.6. The summed E-state index contributed by atoms with van der Waals surface area (Å²) in [4.78, 5) is 23.4. The van der Waals surface area contributed by atoms with Gasteiger partial charge in [-0.1, -0.05) is 36.4 Å². The van der Waals surface area contributed by atoms with Crippen molar-refractivity contribution >= 4 is 17.5 Å². The second kappa shape index (κ2) is 7.36.